The Kier molecular flexibility index (Phi) is 7.55. The van der Waals surface area contributed by atoms with Gasteiger partial charge in [0.15, 0.2) is 5.76 Å². The number of nitrogens with zero attached hydrogens (tertiary/aromatic N) is 1. The number of carbonyl (C=O) groups is 1. The number of hydrogen-bond acceptors (Lipinski definition) is 4. The van der Waals surface area contributed by atoms with Crippen molar-refractivity contribution < 1.29 is 9.53 Å². The fourth-order valence-electron chi connectivity index (χ4n) is 1.58. The predicted octanol–water partition coefficient (Wildman–Crippen LogP) is 3.82. The van der Waals surface area contributed by atoms with E-state index in [-0.39, 0.29) is 11.5 Å². The fourth-order valence-corrected chi connectivity index (χ4v) is 1.80. The third-order valence-corrected chi connectivity index (χ3v) is 2.93. The Labute approximate surface area is 141 Å². The normalized spacial score (nSPS) is 9.13. The second-order valence-corrected chi connectivity index (χ2v) is 4.88. The summed E-state index contributed by atoms with van der Waals surface area (Å²) >= 11 is 5.95. The molecule has 0 saturated carbocycles. The maximum Gasteiger partial charge on any atom is 0.229 e. The molecule has 2 rings (SSSR count). The molecule has 0 unspecified atom stereocenters. The van der Waals surface area contributed by atoms with Gasteiger partial charge in [-0.3, -0.25) is 4.79 Å². The van der Waals surface area contributed by atoms with Crippen LogP contribution in [0.15, 0.2) is 60.9 Å². The Bertz CT molecular complexity index is 719. The second kappa shape index (κ2) is 9.42. The van der Waals surface area contributed by atoms with Gasteiger partial charge in [-0.1, -0.05) is 30.3 Å². The first-order valence-corrected chi connectivity index (χ1v) is 7.16. The van der Waals surface area contributed by atoms with Crippen molar-refractivity contribution in [2.75, 3.05) is 14.1 Å². The molecule has 0 atom stereocenters. The minimum Gasteiger partial charge on any atom is -0.454 e. The van der Waals surface area contributed by atoms with Crippen molar-refractivity contribution in [2.24, 2.45) is 0 Å². The molecule has 0 saturated heterocycles. The summed E-state index contributed by atoms with van der Waals surface area (Å²) < 4.78 is 5.37. The molecular formula is C18H17ClN2O2. The summed E-state index contributed by atoms with van der Waals surface area (Å²) in [6, 6.07) is 15.1. The molecule has 0 radical (unpaired) electrons. The number of ether oxygens (including phenoxy) is 1. The van der Waals surface area contributed by atoms with Crippen molar-refractivity contribution in [3.63, 3.8) is 0 Å². The Morgan fingerprint density at radius 3 is 2.26 bits per heavy atom. The summed E-state index contributed by atoms with van der Waals surface area (Å²) in [7, 11) is 3.75. The molecule has 0 amide bonds. The number of allylic oxidation sites excluding steroid dienone is 1. The molecule has 0 fully saturated rings. The van der Waals surface area contributed by atoms with Crippen molar-refractivity contribution >= 4 is 17.4 Å². The minimum absolute atomic E-state index is 0.0252. The molecule has 0 spiro atoms. The van der Waals surface area contributed by atoms with E-state index in [1.54, 1.807) is 48.5 Å². The number of benzene rings is 2. The van der Waals surface area contributed by atoms with E-state index in [2.05, 4.69) is 11.9 Å². The molecule has 2 aromatic carbocycles. The van der Waals surface area contributed by atoms with Crippen molar-refractivity contribution in [3.05, 3.63) is 77.0 Å². The first-order chi connectivity index (χ1) is 11.0. The SMILES string of the molecule is C=C(Oc1ccc(C#N)cc1)C(=O)c1ccccc1Cl.CNC. The molecule has 1 N–H and O–H groups in total. The molecule has 118 valence electrons. The predicted molar refractivity (Wildman–Crippen MR) is 91.7 cm³/mol. The summed E-state index contributed by atoms with van der Waals surface area (Å²) in [5.41, 5.74) is 0.855. The lowest BCUT2D eigenvalue weighted by Gasteiger charge is -2.08. The third-order valence-electron chi connectivity index (χ3n) is 2.60. The highest BCUT2D eigenvalue weighted by atomic mass is 35.5. The maximum absolute atomic E-state index is 12.1. The summed E-state index contributed by atoms with van der Waals surface area (Å²) in [5.74, 6) is 0.0390. The highest BCUT2D eigenvalue weighted by Crippen LogP contribution is 2.21. The first kappa shape index (κ1) is 18.4. The van der Waals surface area contributed by atoms with Crippen LogP contribution in [0.3, 0.4) is 0 Å². The summed E-state index contributed by atoms with van der Waals surface area (Å²) in [5, 5.41) is 11.8. The Balaban J connectivity index is 0.000000816. The van der Waals surface area contributed by atoms with Crippen LogP contribution in [0.4, 0.5) is 0 Å². The Hall–Kier alpha value is -2.61. The average molecular weight is 329 g/mol. The van der Waals surface area contributed by atoms with Crippen LogP contribution in [0.1, 0.15) is 15.9 Å². The van der Waals surface area contributed by atoms with Crippen molar-refractivity contribution in [1.29, 1.82) is 5.26 Å². The average Bonchev–Trinajstić information content (AvgIpc) is 2.56. The molecule has 2 aromatic rings. The van der Waals surface area contributed by atoms with Crippen LogP contribution < -0.4 is 10.1 Å². The standard InChI is InChI=1S/C16H10ClNO2.C2H7N/c1-11(16(19)14-4-2-3-5-15(14)17)20-13-8-6-12(10-18)7-9-13;1-3-2/h2-9H,1H2;3H,1-2H3. The summed E-state index contributed by atoms with van der Waals surface area (Å²) in [6.45, 7) is 3.61. The number of rotatable bonds is 4. The molecule has 0 bridgehead atoms. The van der Waals surface area contributed by atoms with Gasteiger partial charge in [0, 0.05) is 5.56 Å². The molecule has 5 heteroatoms. The van der Waals surface area contributed by atoms with Gasteiger partial charge in [0.25, 0.3) is 0 Å². The monoisotopic (exact) mass is 328 g/mol. The largest absolute Gasteiger partial charge is 0.454 e. The van der Waals surface area contributed by atoms with E-state index in [9.17, 15) is 4.79 Å². The fraction of sp³-hybridized carbons (Fsp3) is 0.111. The van der Waals surface area contributed by atoms with Gasteiger partial charge in [-0.25, -0.2) is 0 Å². The number of Topliss-reactive ketones (excluding diaryl/α,β-unsaturated/α-hetero) is 1. The number of carbonyl (C=O) groups excluding carboxylic acids is 1. The van der Waals surface area contributed by atoms with Gasteiger partial charge in [0.05, 0.1) is 16.7 Å². The quantitative estimate of drug-likeness (QED) is 0.526. The van der Waals surface area contributed by atoms with Gasteiger partial charge in [-0.2, -0.15) is 5.26 Å². The van der Waals surface area contributed by atoms with Crippen LogP contribution >= 0.6 is 11.6 Å². The van der Waals surface area contributed by atoms with E-state index in [1.807, 2.05) is 20.2 Å². The topological polar surface area (TPSA) is 62.1 Å². The van der Waals surface area contributed by atoms with Crippen molar-refractivity contribution in [3.8, 4) is 11.8 Å². The minimum atomic E-state index is -0.375. The van der Waals surface area contributed by atoms with Gasteiger partial charge in [0.1, 0.15) is 5.75 Å². The zero-order valence-electron chi connectivity index (χ0n) is 13.0. The molecule has 0 aliphatic carbocycles. The number of nitriles is 1. The highest BCUT2D eigenvalue weighted by Gasteiger charge is 2.15. The van der Waals surface area contributed by atoms with E-state index >= 15 is 0 Å². The molecule has 0 heterocycles. The first-order valence-electron chi connectivity index (χ1n) is 6.78. The van der Waals surface area contributed by atoms with Gasteiger partial charge in [0.2, 0.25) is 5.78 Å². The van der Waals surface area contributed by atoms with Crippen molar-refractivity contribution in [1.82, 2.24) is 5.32 Å². The van der Waals surface area contributed by atoms with Crippen molar-refractivity contribution in [2.45, 2.75) is 0 Å². The molecular weight excluding hydrogens is 312 g/mol. The zero-order chi connectivity index (χ0) is 17.2. The van der Waals surface area contributed by atoms with E-state index < -0.39 is 0 Å². The molecule has 0 aliphatic heterocycles. The number of ketones is 1. The van der Waals surface area contributed by atoms with Crippen LogP contribution in [0, 0.1) is 11.3 Å². The number of halogens is 1. The summed E-state index contributed by atoms with van der Waals surface area (Å²) in [6.07, 6.45) is 0. The van der Waals surface area contributed by atoms with Crippen LogP contribution in [-0.2, 0) is 0 Å². The van der Waals surface area contributed by atoms with Gasteiger partial charge < -0.3 is 10.1 Å². The molecule has 23 heavy (non-hydrogen) atoms. The lowest BCUT2D eigenvalue weighted by Crippen LogP contribution is -2.08. The van der Waals surface area contributed by atoms with E-state index in [4.69, 9.17) is 21.6 Å². The van der Waals surface area contributed by atoms with E-state index in [0.717, 1.165) is 0 Å². The molecule has 4 nitrogen and oxygen atoms in total. The lowest BCUT2D eigenvalue weighted by atomic mass is 10.1. The maximum atomic E-state index is 12.1. The Morgan fingerprint density at radius 2 is 1.74 bits per heavy atom. The number of nitrogens with one attached hydrogen (secondary N) is 1. The third kappa shape index (κ3) is 5.59. The van der Waals surface area contributed by atoms with Crippen LogP contribution in [0.25, 0.3) is 0 Å². The second-order valence-electron chi connectivity index (χ2n) is 4.47. The molecule has 0 aromatic heterocycles. The van der Waals surface area contributed by atoms with Crippen LogP contribution in [0.5, 0.6) is 5.75 Å². The molecule has 0 aliphatic rings. The smallest absolute Gasteiger partial charge is 0.229 e. The lowest BCUT2D eigenvalue weighted by molar-refractivity contribution is 0.0987. The highest BCUT2D eigenvalue weighted by molar-refractivity contribution is 6.34. The van der Waals surface area contributed by atoms with Gasteiger partial charge >= 0.3 is 0 Å². The van der Waals surface area contributed by atoms with Crippen LogP contribution in [-0.4, -0.2) is 19.9 Å². The van der Waals surface area contributed by atoms with Crippen LogP contribution in [0.2, 0.25) is 5.02 Å². The Morgan fingerprint density at radius 1 is 1.17 bits per heavy atom. The zero-order valence-corrected chi connectivity index (χ0v) is 13.7. The van der Waals surface area contributed by atoms with E-state index in [1.165, 1.54) is 0 Å². The summed E-state index contributed by atoms with van der Waals surface area (Å²) in [4.78, 5) is 12.1. The van der Waals surface area contributed by atoms with Gasteiger partial charge in [-0.05, 0) is 50.5 Å². The van der Waals surface area contributed by atoms with E-state index in [0.29, 0.717) is 21.9 Å². The number of hydrogen-bond donors (Lipinski definition) is 1. The van der Waals surface area contributed by atoms with Gasteiger partial charge in [-0.15, -0.1) is 0 Å².